The number of fused-ring (bicyclic) bond motifs is 4. The predicted molar refractivity (Wildman–Crippen MR) is 190 cm³/mol. The van der Waals surface area contributed by atoms with Crippen LogP contribution in [0.3, 0.4) is 0 Å². The summed E-state index contributed by atoms with van der Waals surface area (Å²) in [6, 6.07) is 30.8. The summed E-state index contributed by atoms with van der Waals surface area (Å²) in [5.74, 6) is 0.472. The average molecular weight is 729 g/mol. The standard InChI is InChI=1S/C21H25.C11H8.C11H17.2ClH.Zr/c1-20(2,3)16-9-7-14-11-15-8-10-17(21(4,5)6)13-19(15)18(14)12-16;1-9-5-4-7-10-6-2-3-8-11(9)10;1-8-6-9(2)10(7-8)11(3,4)5;;;/h7-13H,1-6H3;1-8H;7-8H,1-5H3;2*1H;/q;;;;;+2/p-2. The third-order valence-corrected chi connectivity index (χ3v) is 18.2. The third kappa shape index (κ3) is 6.64. The molecule has 0 radical (unpaired) electrons. The molecule has 0 spiro atoms. The fourth-order valence-corrected chi connectivity index (χ4v) is 16.4. The van der Waals surface area contributed by atoms with Gasteiger partial charge in [-0.1, -0.05) is 0 Å². The molecule has 3 heteroatoms. The topological polar surface area (TPSA) is 0 Å². The van der Waals surface area contributed by atoms with Gasteiger partial charge in [0.05, 0.1) is 0 Å². The van der Waals surface area contributed by atoms with Gasteiger partial charge in [0, 0.05) is 0 Å². The number of hydrogen-bond donors (Lipinski definition) is 0. The summed E-state index contributed by atoms with van der Waals surface area (Å²) in [4.78, 5) is 0. The number of hydrogen-bond acceptors (Lipinski definition) is 0. The molecule has 0 heterocycles. The number of rotatable bonds is 3. The van der Waals surface area contributed by atoms with Crippen molar-refractivity contribution in [3.8, 4) is 11.1 Å². The minimum Gasteiger partial charge on any atom is -1.00 e. The normalized spacial score (nSPS) is 16.6. The van der Waals surface area contributed by atoms with Crippen LogP contribution in [0, 0.1) is 11.3 Å². The van der Waals surface area contributed by atoms with E-state index in [-0.39, 0.29) is 41.1 Å². The molecule has 240 valence electrons. The Labute approximate surface area is 298 Å². The first kappa shape index (κ1) is 36.8. The van der Waals surface area contributed by atoms with Crippen molar-refractivity contribution in [2.75, 3.05) is 0 Å². The van der Waals surface area contributed by atoms with Gasteiger partial charge in [-0.15, -0.1) is 0 Å². The minimum atomic E-state index is -2.62. The van der Waals surface area contributed by atoms with E-state index < -0.39 is 21.3 Å². The molecule has 0 saturated carbocycles. The molecule has 0 aromatic heterocycles. The summed E-state index contributed by atoms with van der Waals surface area (Å²) >= 11 is -2.62. The Balaban J connectivity index is 0.00000240. The molecule has 4 aromatic rings. The second kappa shape index (κ2) is 13.1. The van der Waals surface area contributed by atoms with Gasteiger partial charge in [-0.3, -0.25) is 0 Å². The van der Waals surface area contributed by atoms with Crippen molar-refractivity contribution in [2.24, 2.45) is 11.3 Å². The van der Waals surface area contributed by atoms with E-state index >= 15 is 0 Å². The Bertz CT molecular complexity index is 1810. The van der Waals surface area contributed by atoms with Crippen LogP contribution >= 0.6 is 0 Å². The van der Waals surface area contributed by atoms with E-state index in [4.69, 9.17) is 0 Å². The Kier molecular flexibility index (Phi) is 10.5. The van der Waals surface area contributed by atoms with E-state index in [1.165, 1.54) is 38.6 Å². The molecule has 2 aliphatic carbocycles. The predicted octanol–water partition coefficient (Wildman–Crippen LogP) is 5.88. The van der Waals surface area contributed by atoms with Gasteiger partial charge in [0.25, 0.3) is 0 Å². The van der Waals surface area contributed by atoms with E-state index in [9.17, 15) is 0 Å². The van der Waals surface area contributed by atoms with Crippen molar-refractivity contribution in [1.82, 2.24) is 0 Å². The van der Waals surface area contributed by atoms with E-state index in [2.05, 4.69) is 165 Å². The fraction of sp³-hybridized carbons (Fsp3) is 0.372. The molecule has 0 amide bonds. The molecular formula is C43H50Cl2Zr. The van der Waals surface area contributed by atoms with E-state index in [0.29, 0.717) is 9.54 Å². The molecule has 0 aliphatic heterocycles. The van der Waals surface area contributed by atoms with Gasteiger partial charge in [0.15, 0.2) is 0 Å². The molecule has 1 unspecified atom stereocenters. The molecule has 0 N–H and O–H groups in total. The zero-order chi connectivity index (χ0) is 31.8. The molecule has 0 fully saturated rings. The Morgan fingerprint density at radius 2 is 1.15 bits per heavy atom. The zero-order valence-corrected chi connectivity index (χ0v) is 33.5. The molecule has 0 saturated heterocycles. The van der Waals surface area contributed by atoms with Gasteiger partial charge in [-0.25, -0.2) is 0 Å². The quantitative estimate of drug-likeness (QED) is 0.248. The first-order valence-electron chi connectivity index (χ1n) is 16.5. The van der Waals surface area contributed by atoms with Crippen LogP contribution in [-0.2, 0) is 32.1 Å². The third-order valence-electron chi connectivity index (χ3n) is 10.00. The van der Waals surface area contributed by atoms with Crippen molar-refractivity contribution < 1.29 is 46.1 Å². The van der Waals surface area contributed by atoms with Crippen molar-refractivity contribution in [2.45, 2.75) is 90.6 Å². The van der Waals surface area contributed by atoms with Gasteiger partial charge in [-0.2, -0.15) is 0 Å². The second-order valence-electron chi connectivity index (χ2n) is 16.4. The van der Waals surface area contributed by atoms with Crippen LogP contribution in [0.1, 0.15) is 108 Å². The molecule has 0 nitrogen and oxygen atoms in total. The van der Waals surface area contributed by atoms with Crippen LogP contribution < -0.4 is 24.8 Å². The maximum Gasteiger partial charge on any atom is -1.00 e. The summed E-state index contributed by atoms with van der Waals surface area (Å²) < 4.78 is 5.04. The second-order valence-corrected chi connectivity index (χ2v) is 22.1. The largest absolute Gasteiger partial charge is 1.00 e. The molecule has 0 bridgehead atoms. The van der Waals surface area contributed by atoms with E-state index in [0.717, 1.165) is 0 Å². The maximum absolute atomic E-state index is 2.82. The van der Waals surface area contributed by atoms with Crippen LogP contribution in [-0.4, -0.2) is 3.71 Å². The van der Waals surface area contributed by atoms with Crippen LogP contribution in [0.25, 0.3) is 21.9 Å². The number of benzene rings is 4. The average Bonchev–Trinajstić information content (AvgIpc) is 3.43. The van der Waals surface area contributed by atoms with Crippen LogP contribution in [0.4, 0.5) is 0 Å². The van der Waals surface area contributed by atoms with Gasteiger partial charge in [0.2, 0.25) is 0 Å². The summed E-state index contributed by atoms with van der Waals surface area (Å²) in [6.07, 6.45) is 2.60. The van der Waals surface area contributed by atoms with Gasteiger partial charge in [0.1, 0.15) is 0 Å². The fourth-order valence-electron chi connectivity index (χ4n) is 7.62. The summed E-state index contributed by atoms with van der Waals surface area (Å²) in [5.41, 5.74) is 13.8. The first-order chi connectivity index (χ1) is 20.6. The number of allylic oxidation sites excluding steroid dienone is 4. The maximum atomic E-state index is 2.82. The van der Waals surface area contributed by atoms with Gasteiger partial charge >= 0.3 is 276 Å². The van der Waals surface area contributed by atoms with E-state index in [1.54, 1.807) is 25.6 Å². The van der Waals surface area contributed by atoms with Crippen LogP contribution in [0.2, 0.25) is 0 Å². The molecule has 46 heavy (non-hydrogen) atoms. The molecule has 4 aromatic carbocycles. The summed E-state index contributed by atoms with van der Waals surface area (Å²) in [7, 11) is 0. The Morgan fingerprint density at radius 3 is 1.65 bits per heavy atom. The summed E-state index contributed by atoms with van der Waals surface area (Å²) in [6.45, 7) is 26.1. The van der Waals surface area contributed by atoms with Crippen LogP contribution in [0.5, 0.6) is 0 Å². The molecule has 2 aliphatic rings. The molecule has 1 atom stereocenters. The van der Waals surface area contributed by atoms with E-state index in [1.807, 2.05) is 0 Å². The molecule has 6 rings (SSSR count). The summed E-state index contributed by atoms with van der Waals surface area (Å²) in [5, 5.41) is 2.71. The first-order valence-corrected chi connectivity index (χ1v) is 20.5. The molecular weight excluding hydrogens is 679 g/mol. The van der Waals surface area contributed by atoms with Gasteiger partial charge < -0.3 is 24.8 Å². The van der Waals surface area contributed by atoms with Crippen molar-refractivity contribution in [3.63, 3.8) is 0 Å². The monoisotopic (exact) mass is 726 g/mol. The van der Waals surface area contributed by atoms with Crippen LogP contribution in [0.15, 0.2) is 99.4 Å². The SMILES string of the molecule is CC1=[C](/[Zr+2](=[CH]/c2cccc3ccccc23)[CH]2c3ccc(C(C)(C)C)cc3-c3cc(C(C)(C)C)ccc32)C(C)C=C1C(C)(C)C.[Cl-].[Cl-]. The Hall–Kier alpha value is -2.05. The Morgan fingerprint density at radius 1 is 0.630 bits per heavy atom. The van der Waals surface area contributed by atoms with Crippen molar-refractivity contribution in [3.05, 3.63) is 127 Å². The van der Waals surface area contributed by atoms with Crippen molar-refractivity contribution in [1.29, 1.82) is 0 Å². The van der Waals surface area contributed by atoms with Gasteiger partial charge in [-0.05, 0) is 0 Å². The smallest absolute Gasteiger partial charge is 1.00 e. The van der Waals surface area contributed by atoms with Crippen molar-refractivity contribution >= 4 is 14.5 Å². The zero-order valence-electron chi connectivity index (χ0n) is 29.6. The number of halogens is 2. The minimum absolute atomic E-state index is 0.